The van der Waals surface area contributed by atoms with Gasteiger partial charge < -0.3 is 5.11 Å². The molecule has 5 nitrogen and oxygen atoms in total. The van der Waals surface area contributed by atoms with Crippen LogP contribution in [0.2, 0.25) is 0 Å². The van der Waals surface area contributed by atoms with Crippen molar-refractivity contribution in [3.63, 3.8) is 0 Å². The van der Waals surface area contributed by atoms with Gasteiger partial charge >= 0.3 is 5.97 Å². The van der Waals surface area contributed by atoms with Crippen molar-refractivity contribution in [3.05, 3.63) is 0 Å². The minimum absolute atomic E-state index is 0.00286. The third-order valence-corrected chi connectivity index (χ3v) is 6.66. The number of fused-ring (bicyclic) bond motifs is 5. The van der Waals surface area contributed by atoms with E-state index in [9.17, 15) is 19.5 Å². The largest absolute Gasteiger partial charge is 0.481 e. The van der Waals surface area contributed by atoms with Crippen molar-refractivity contribution in [3.8, 4) is 0 Å². The molecule has 1 saturated heterocycles. The summed E-state index contributed by atoms with van der Waals surface area (Å²) in [7, 11) is 0. The molecule has 6 atom stereocenters. The third kappa shape index (κ3) is 1.94. The summed E-state index contributed by atoms with van der Waals surface area (Å²) in [6.45, 7) is 0.334. The molecule has 0 aromatic carbocycles. The van der Waals surface area contributed by atoms with E-state index in [2.05, 4.69) is 0 Å². The molecule has 2 amide bonds. The van der Waals surface area contributed by atoms with Crippen molar-refractivity contribution < 1.29 is 19.5 Å². The summed E-state index contributed by atoms with van der Waals surface area (Å²) >= 11 is 0. The normalized spacial score (nSPS) is 43.7. The first kappa shape index (κ1) is 14.2. The molecule has 3 saturated carbocycles. The molecule has 3 aliphatic carbocycles. The van der Waals surface area contributed by atoms with Crippen LogP contribution < -0.4 is 0 Å². The van der Waals surface area contributed by atoms with E-state index < -0.39 is 11.9 Å². The SMILES string of the molecule is O=C(O)C1CCCCC1CN1C(=O)C2C(C1=O)[C@H]1CC[C@@H]2C1. The Labute approximate surface area is 130 Å². The Bertz CT molecular complexity index is 503. The lowest BCUT2D eigenvalue weighted by Gasteiger charge is -2.31. The Balaban J connectivity index is 1.52. The van der Waals surface area contributed by atoms with Crippen LogP contribution in [0.1, 0.15) is 44.9 Å². The monoisotopic (exact) mass is 305 g/mol. The molecule has 120 valence electrons. The second kappa shape index (κ2) is 5.07. The number of carboxylic acid groups (broad SMARTS) is 1. The molecule has 4 aliphatic rings. The zero-order valence-corrected chi connectivity index (χ0v) is 12.7. The maximum atomic E-state index is 12.7. The molecule has 0 aromatic rings. The van der Waals surface area contributed by atoms with Gasteiger partial charge in [0.2, 0.25) is 11.8 Å². The Hall–Kier alpha value is -1.39. The standard InChI is InChI=1S/C17H23NO4/c19-15-13-9-5-6-10(7-9)14(13)16(20)18(15)8-11-3-1-2-4-12(11)17(21)22/h9-14H,1-8H2,(H,21,22)/t9-,10+,11?,12?,13?,14?. The first-order valence-electron chi connectivity index (χ1n) is 8.66. The average molecular weight is 305 g/mol. The molecular weight excluding hydrogens is 282 g/mol. The molecule has 0 radical (unpaired) electrons. The van der Waals surface area contributed by atoms with Gasteiger partial charge in [0.1, 0.15) is 0 Å². The molecular formula is C17H23NO4. The highest BCUT2D eigenvalue weighted by Crippen LogP contribution is 2.56. The Morgan fingerprint density at radius 3 is 2.18 bits per heavy atom. The molecule has 4 unspecified atom stereocenters. The number of likely N-dealkylation sites (tertiary alicyclic amines) is 1. The van der Waals surface area contributed by atoms with Crippen LogP contribution in [0.4, 0.5) is 0 Å². The van der Waals surface area contributed by atoms with Crippen LogP contribution in [0, 0.1) is 35.5 Å². The van der Waals surface area contributed by atoms with E-state index in [1.807, 2.05) is 0 Å². The number of aliphatic carboxylic acids is 1. The van der Waals surface area contributed by atoms with Gasteiger partial charge in [-0.2, -0.15) is 0 Å². The number of imide groups is 1. The van der Waals surface area contributed by atoms with E-state index in [-0.39, 0.29) is 29.6 Å². The van der Waals surface area contributed by atoms with Crippen molar-refractivity contribution in [1.29, 1.82) is 0 Å². The van der Waals surface area contributed by atoms with Gasteiger partial charge in [-0.15, -0.1) is 0 Å². The first-order chi connectivity index (χ1) is 10.6. The van der Waals surface area contributed by atoms with Crippen molar-refractivity contribution >= 4 is 17.8 Å². The summed E-state index contributed by atoms with van der Waals surface area (Å²) in [6, 6.07) is 0. The van der Waals surface area contributed by atoms with Crippen molar-refractivity contribution in [2.24, 2.45) is 35.5 Å². The van der Waals surface area contributed by atoms with E-state index in [0.717, 1.165) is 38.5 Å². The smallest absolute Gasteiger partial charge is 0.306 e. The molecule has 4 rings (SSSR count). The maximum Gasteiger partial charge on any atom is 0.306 e. The van der Waals surface area contributed by atoms with Crippen LogP contribution in [0.3, 0.4) is 0 Å². The Morgan fingerprint density at radius 1 is 1.00 bits per heavy atom. The van der Waals surface area contributed by atoms with E-state index >= 15 is 0 Å². The maximum absolute atomic E-state index is 12.7. The Morgan fingerprint density at radius 2 is 1.59 bits per heavy atom. The molecule has 0 aromatic heterocycles. The number of hydrogen-bond donors (Lipinski definition) is 1. The second-order valence-corrected chi connectivity index (χ2v) is 7.66. The minimum atomic E-state index is -0.774. The quantitative estimate of drug-likeness (QED) is 0.808. The van der Waals surface area contributed by atoms with Crippen LogP contribution in [0.25, 0.3) is 0 Å². The molecule has 1 N–H and O–H groups in total. The van der Waals surface area contributed by atoms with Gasteiger partial charge in [-0.05, 0) is 49.9 Å². The van der Waals surface area contributed by atoms with Crippen LogP contribution in [-0.2, 0) is 14.4 Å². The number of nitrogens with zero attached hydrogens (tertiary/aromatic N) is 1. The van der Waals surface area contributed by atoms with E-state index in [4.69, 9.17) is 0 Å². The fourth-order valence-corrected chi connectivity index (χ4v) is 5.64. The van der Waals surface area contributed by atoms with Crippen molar-refractivity contribution in [1.82, 2.24) is 4.90 Å². The van der Waals surface area contributed by atoms with Crippen molar-refractivity contribution in [2.45, 2.75) is 44.9 Å². The summed E-state index contributed by atoms with van der Waals surface area (Å²) in [4.78, 5) is 38.2. The second-order valence-electron chi connectivity index (χ2n) is 7.66. The predicted octanol–water partition coefficient (Wildman–Crippen LogP) is 1.91. The molecule has 2 bridgehead atoms. The number of carboxylic acids is 1. The van der Waals surface area contributed by atoms with Crippen LogP contribution in [-0.4, -0.2) is 34.3 Å². The number of rotatable bonds is 3. The molecule has 4 fully saturated rings. The molecule has 22 heavy (non-hydrogen) atoms. The summed E-state index contributed by atoms with van der Waals surface area (Å²) in [5.41, 5.74) is 0. The highest BCUT2D eigenvalue weighted by molar-refractivity contribution is 6.06. The molecule has 5 heteroatoms. The lowest BCUT2D eigenvalue weighted by Crippen LogP contribution is -2.41. The van der Waals surface area contributed by atoms with Gasteiger partial charge in [0, 0.05) is 6.54 Å². The van der Waals surface area contributed by atoms with Gasteiger partial charge in [-0.25, -0.2) is 0 Å². The highest BCUT2D eigenvalue weighted by Gasteiger charge is 2.61. The summed E-state index contributed by atoms with van der Waals surface area (Å²) < 4.78 is 0. The zero-order valence-electron chi connectivity index (χ0n) is 12.7. The Kier molecular flexibility index (Phi) is 3.27. The number of hydrogen-bond acceptors (Lipinski definition) is 3. The number of carbonyl (C=O) groups is 3. The predicted molar refractivity (Wildman–Crippen MR) is 77.6 cm³/mol. The minimum Gasteiger partial charge on any atom is -0.481 e. The van der Waals surface area contributed by atoms with Crippen molar-refractivity contribution in [2.75, 3.05) is 6.54 Å². The topological polar surface area (TPSA) is 74.7 Å². The fourth-order valence-electron chi connectivity index (χ4n) is 5.64. The lowest BCUT2D eigenvalue weighted by atomic mass is 9.79. The lowest BCUT2D eigenvalue weighted by molar-refractivity contribution is -0.149. The summed E-state index contributed by atoms with van der Waals surface area (Å²) in [6.07, 6.45) is 6.64. The number of amides is 2. The van der Waals surface area contributed by atoms with Crippen LogP contribution in [0.15, 0.2) is 0 Å². The van der Waals surface area contributed by atoms with E-state index in [0.29, 0.717) is 24.8 Å². The zero-order chi connectivity index (χ0) is 15.4. The van der Waals surface area contributed by atoms with Crippen LogP contribution in [0.5, 0.6) is 0 Å². The van der Waals surface area contributed by atoms with E-state index in [1.165, 1.54) is 4.90 Å². The fraction of sp³-hybridized carbons (Fsp3) is 0.824. The highest BCUT2D eigenvalue weighted by atomic mass is 16.4. The van der Waals surface area contributed by atoms with Gasteiger partial charge in [0.15, 0.2) is 0 Å². The average Bonchev–Trinajstić information content (AvgIpc) is 3.17. The number of carbonyl (C=O) groups excluding carboxylic acids is 2. The van der Waals surface area contributed by atoms with E-state index in [1.54, 1.807) is 0 Å². The first-order valence-corrected chi connectivity index (χ1v) is 8.66. The van der Waals surface area contributed by atoms with Gasteiger partial charge in [-0.3, -0.25) is 19.3 Å². The molecule has 1 aliphatic heterocycles. The van der Waals surface area contributed by atoms with Gasteiger partial charge in [0.25, 0.3) is 0 Å². The molecule has 0 spiro atoms. The summed E-state index contributed by atoms with van der Waals surface area (Å²) in [5, 5.41) is 9.38. The molecule has 1 heterocycles. The summed E-state index contributed by atoms with van der Waals surface area (Å²) in [5.74, 6) is -0.604. The third-order valence-electron chi connectivity index (χ3n) is 6.66. The van der Waals surface area contributed by atoms with Crippen LogP contribution >= 0.6 is 0 Å². The van der Waals surface area contributed by atoms with Gasteiger partial charge in [-0.1, -0.05) is 12.8 Å². The van der Waals surface area contributed by atoms with Gasteiger partial charge in [0.05, 0.1) is 17.8 Å².